The van der Waals surface area contributed by atoms with Crippen molar-refractivity contribution in [3.05, 3.63) is 181 Å². The number of aromatic carboxylic acids is 1. The lowest BCUT2D eigenvalue weighted by Crippen LogP contribution is -2.43. The first-order valence-corrected chi connectivity index (χ1v) is 22.3. The van der Waals surface area contributed by atoms with Crippen molar-refractivity contribution >= 4 is 87.7 Å². The number of ether oxygens (including phenoxy) is 1. The Morgan fingerprint density at radius 2 is 1.11 bits per heavy atom. The highest BCUT2D eigenvalue weighted by atomic mass is 35.5. The molecule has 1 unspecified atom stereocenters. The van der Waals surface area contributed by atoms with Crippen LogP contribution in [-0.2, 0) is 29.0 Å². The number of tetrazole rings is 2. The van der Waals surface area contributed by atoms with E-state index >= 15 is 0 Å². The van der Waals surface area contributed by atoms with Crippen molar-refractivity contribution < 1.29 is 39.2 Å². The van der Waals surface area contributed by atoms with E-state index in [9.17, 15) is 29.4 Å². The third kappa shape index (κ3) is 13.1. The molecule has 2 aromatic heterocycles. The van der Waals surface area contributed by atoms with Gasteiger partial charge in [-0.1, -0.05) is 99.1 Å². The van der Waals surface area contributed by atoms with Gasteiger partial charge in [0, 0.05) is 25.2 Å². The number of methoxy groups -OCH3 is 1. The number of phenols is 2. The summed E-state index contributed by atoms with van der Waals surface area (Å²) in [5.74, 6) is -1.86. The Morgan fingerprint density at radius 1 is 0.606 bits per heavy atom. The number of nitrogens with one attached hydrogen (secondary N) is 4. The summed E-state index contributed by atoms with van der Waals surface area (Å²) in [6, 6.07) is 33.0. The molecule has 0 spiro atoms. The van der Waals surface area contributed by atoms with Crippen LogP contribution in [0.3, 0.4) is 0 Å². The molecule has 0 saturated carbocycles. The number of carboxylic acids is 1. The van der Waals surface area contributed by atoms with Gasteiger partial charge >= 0.3 is 11.9 Å². The topological polar surface area (TPSA) is 274 Å². The minimum absolute atomic E-state index is 0.00256. The zero-order valence-electron chi connectivity index (χ0n) is 36.8. The summed E-state index contributed by atoms with van der Waals surface area (Å²) in [4.78, 5) is 49.6. The van der Waals surface area contributed by atoms with Gasteiger partial charge in [0.25, 0.3) is 11.8 Å². The van der Waals surface area contributed by atoms with E-state index in [4.69, 9.17) is 56.2 Å². The lowest BCUT2D eigenvalue weighted by atomic mass is 10.0. The quantitative estimate of drug-likeness (QED) is 0.0451. The molecule has 1 atom stereocenters. The van der Waals surface area contributed by atoms with Gasteiger partial charge in [0.2, 0.25) is 11.9 Å². The van der Waals surface area contributed by atoms with Gasteiger partial charge in [0.1, 0.15) is 17.5 Å². The van der Waals surface area contributed by atoms with Gasteiger partial charge in [0.15, 0.2) is 0 Å². The lowest BCUT2D eigenvalue weighted by molar-refractivity contribution is -0.142. The number of hydrogen-bond acceptors (Lipinski definition) is 15. The van der Waals surface area contributed by atoms with E-state index in [0.29, 0.717) is 47.6 Å². The molecule has 0 fully saturated rings. The molecule has 0 aliphatic rings. The Hall–Kier alpha value is -8.30. The molecule has 2 amide bonds. The number of hydrogen-bond donors (Lipinski definition) is 7. The van der Waals surface area contributed by atoms with Gasteiger partial charge in [-0.2, -0.15) is 9.36 Å². The van der Waals surface area contributed by atoms with E-state index in [-0.39, 0.29) is 54.7 Å². The number of anilines is 3. The molecular formula is C47H38Cl4N12O8. The van der Waals surface area contributed by atoms with Crippen LogP contribution in [-0.4, -0.2) is 92.6 Å². The van der Waals surface area contributed by atoms with E-state index in [1.165, 1.54) is 40.7 Å². The van der Waals surface area contributed by atoms with Crippen LogP contribution in [0.5, 0.6) is 11.5 Å². The van der Waals surface area contributed by atoms with Crippen LogP contribution in [0, 0.1) is 0 Å². The fraction of sp³-hybridized carbons (Fsp3) is 0.106. The van der Waals surface area contributed by atoms with Crippen LogP contribution in [0.15, 0.2) is 127 Å². The van der Waals surface area contributed by atoms with E-state index in [2.05, 4.69) is 52.3 Å². The second-order valence-electron chi connectivity index (χ2n) is 15.0. The van der Waals surface area contributed by atoms with Crippen molar-refractivity contribution in [1.82, 2.24) is 45.7 Å². The summed E-state index contributed by atoms with van der Waals surface area (Å²) in [6.07, 6.45) is 0.0948. The molecule has 6 aromatic carbocycles. The summed E-state index contributed by atoms with van der Waals surface area (Å²) in [6.45, 7) is 0.739. The van der Waals surface area contributed by atoms with Crippen LogP contribution in [0.2, 0.25) is 20.1 Å². The van der Waals surface area contributed by atoms with Gasteiger partial charge in [-0.05, 0) is 122 Å². The molecule has 0 bridgehead atoms. The van der Waals surface area contributed by atoms with Crippen LogP contribution in [0.1, 0.15) is 47.8 Å². The molecule has 0 aliphatic heterocycles. The van der Waals surface area contributed by atoms with Crippen LogP contribution in [0.4, 0.5) is 17.6 Å². The zero-order valence-corrected chi connectivity index (χ0v) is 39.8. The van der Waals surface area contributed by atoms with E-state index < -0.39 is 29.8 Å². The number of aromatic nitrogens is 8. The molecule has 7 N–H and O–H groups in total. The SMILES string of the molecule is COC(=O)C(Cc1ccc(NC(=O)c2c(Cl)cccc2Cl)cc1)NC(=O)c1ccc(-n2nnnc2NCc2cccc(O)c2)cc1Cl.O=C(O)c1ccc(-n2nnnc2NCc2cccc(O)c2)cc1Cl. The molecule has 0 aliphatic carbocycles. The van der Waals surface area contributed by atoms with Crippen LogP contribution in [0.25, 0.3) is 11.4 Å². The predicted molar refractivity (Wildman–Crippen MR) is 264 cm³/mol. The summed E-state index contributed by atoms with van der Waals surface area (Å²) in [7, 11) is 1.22. The molecule has 0 saturated heterocycles. The monoisotopic (exact) mass is 1040 g/mol. The molecule has 71 heavy (non-hydrogen) atoms. The first-order valence-electron chi connectivity index (χ1n) is 20.8. The maximum Gasteiger partial charge on any atom is 0.337 e. The Bertz CT molecular complexity index is 3210. The van der Waals surface area contributed by atoms with Crippen molar-refractivity contribution in [1.29, 1.82) is 0 Å². The maximum absolute atomic E-state index is 13.3. The Balaban J connectivity index is 0.000000258. The third-order valence-corrected chi connectivity index (χ3v) is 11.4. The van der Waals surface area contributed by atoms with Gasteiger partial charge < -0.3 is 41.3 Å². The minimum Gasteiger partial charge on any atom is -0.508 e. The first kappa shape index (κ1) is 50.6. The molecule has 2 heterocycles. The van der Waals surface area contributed by atoms with Crippen LogP contribution >= 0.6 is 46.4 Å². The maximum atomic E-state index is 13.3. The number of halogens is 4. The summed E-state index contributed by atoms with van der Waals surface area (Å²) in [5.41, 5.74) is 4.08. The van der Waals surface area contributed by atoms with Gasteiger partial charge in [-0.25, -0.2) is 9.59 Å². The largest absolute Gasteiger partial charge is 0.508 e. The smallest absolute Gasteiger partial charge is 0.337 e. The van der Waals surface area contributed by atoms with E-state index in [1.807, 2.05) is 12.1 Å². The number of benzene rings is 6. The number of nitrogens with zero attached hydrogens (tertiary/aromatic N) is 8. The standard InChI is InChI=1S/C32H26Cl3N7O5.C15H12ClN5O3/c1-47-31(46)27(15-18-8-10-20(11-9-18)37-30(45)28-24(33)6-3-7-25(28)34)38-29(44)23-13-12-21(16-26(23)35)42-32(39-40-41-42)36-17-19-4-2-5-22(43)14-19;16-13-7-10(4-5-12(13)14(23)24)21-15(18-19-20-21)17-8-9-2-1-3-11(22)6-9/h2-14,16,27,43H,15,17H2,1H3,(H,37,45)(H,38,44)(H,36,39,41);1-7,22H,8H2,(H,23,24)(H,17,18,20). The highest BCUT2D eigenvalue weighted by molar-refractivity contribution is 6.40. The average Bonchev–Trinajstić information content (AvgIpc) is 4.03. The number of carbonyl (C=O) groups is 4. The molecule has 362 valence electrons. The fourth-order valence-electron chi connectivity index (χ4n) is 6.71. The highest BCUT2D eigenvalue weighted by Gasteiger charge is 2.25. The molecular weight excluding hydrogens is 1000 g/mol. The normalized spacial score (nSPS) is 11.1. The molecule has 8 rings (SSSR count). The average molecular weight is 1040 g/mol. The van der Waals surface area contributed by atoms with Crippen molar-refractivity contribution in [3.8, 4) is 22.9 Å². The number of phenolic OH excluding ortho intramolecular Hbond substituents is 2. The second-order valence-corrected chi connectivity index (χ2v) is 16.6. The summed E-state index contributed by atoms with van der Waals surface area (Å²) < 4.78 is 7.74. The van der Waals surface area contributed by atoms with Gasteiger partial charge in [-0.3, -0.25) is 9.59 Å². The van der Waals surface area contributed by atoms with E-state index in [0.717, 1.165) is 11.1 Å². The number of amides is 2. The summed E-state index contributed by atoms with van der Waals surface area (Å²) >= 11 is 24.7. The zero-order chi connectivity index (χ0) is 50.6. The van der Waals surface area contributed by atoms with Crippen LogP contribution < -0.4 is 21.3 Å². The van der Waals surface area contributed by atoms with Crippen molar-refractivity contribution in [3.63, 3.8) is 0 Å². The number of carbonyl (C=O) groups excluding carboxylic acids is 3. The van der Waals surface area contributed by atoms with Gasteiger partial charge in [-0.15, -0.1) is 0 Å². The van der Waals surface area contributed by atoms with Crippen molar-refractivity contribution in [2.45, 2.75) is 25.6 Å². The van der Waals surface area contributed by atoms with Crippen molar-refractivity contribution in [2.24, 2.45) is 0 Å². The number of rotatable bonds is 16. The van der Waals surface area contributed by atoms with Gasteiger partial charge in [0.05, 0.1) is 55.3 Å². The molecule has 20 nitrogen and oxygen atoms in total. The lowest BCUT2D eigenvalue weighted by Gasteiger charge is -2.18. The Labute approximate surface area is 423 Å². The highest BCUT2D eigenvalue weighted by Crippen LogP contribution is 2.27. The third-order valence-electron chi connectivity index (χ3n) is 10.2. The van der Waals surface area contributed by atoms with E-state index in [1.54, 1.807) is 91.0 Å². The second kappa shape index (κ2) is 23.3. The molecule has 8 aromatic rings. The summed E-state index contributed by atoms with van der Waals surface area (Å²) in [5, 5.41) is 63.4. The van der Waals surface area contributed by atoms with Crippen molar-refractivity contribution in [2.75, 3.05) is 23.1 Å². The number of aromatic hydroxyl groups is 2. The minimum atomic E-state index is -1.11. The first-order chi connectivity index (χ1) is 34.2. The Morgan fingerprint density at radius 3 is 1.59 bits per heavy atom. The molecule has 0 radical (unpaired) electrons. The fourth-order valence-corrected chi connectivity index (χ4v) is 7.79. The number of esters is 1. The Kier molecular flexibility index (Phi) is 16.6. The number of carboxylic acid groups (broad SMARTS) is 1. The predicted octanol–water partition coefficient (Wildman–Crippen LogP) is 8.04. The molecule has 24 heteroatoms.